The van der Waals surface area contributed by atoms with Crippen molar-refractivity contribution in [2.45, 2.75) is 0 Å². The minimum atomic E-state index is -0.242. The van der Waals surface area contributed by atoms with Gasteiger partial charge >= 0.3 is 6.03 Å². The summed E-state index contributed by atoms with van der Waals surface area (Å²) in [7, 11) is 0. The predicted molar refractivity (Wildman–Crippen MR) is 104 cm³/mol. The first-order valence-corrected chi connectivity index (χ1v) is 9.59. The van der Waals surface area contributed by atoms with Gasteiger partial charge in [0.2, 0.25) is 0 Å². The zero-order valence-corrected chi connectivity index (χ0v) is 15.1. The molecule has 7 nitrogen and oxygen atoms in total. The number of aromatic amines is 1. The Balaban J connectivity index is 1.35. The topological polar surface area (TPSA) is 82.3 Å². The third-order valence-electron chi connectivity index (χ3n) is 4.47. The van der Waals surface area contributed by atoms with E-state index in [0.29, 0.717) is 12.4 Å². The van der Waals surface area contributed by atoms with E-state index in [1.165, 1.54) is 5.56 Å². The SMILES string of the molecule is O=C(NCCN1CCOCC1)Nc1n[nH]c2cc(-c3ccsc3)ccc12. The summed E-state index contributed by atoms with van der Waals surface area (Å²) in [6.45, 7) is 4.77. The van der Waals surface area contributed by atoms with Crippen molar-refractivity contribution < 1.29 is 9.53 Å². The number of rotatable bonds is 5. The Bertz CT molecular complexity index is 871. The summed E-state index contributed by atoms with van der Waals surface area (Å²) in [5.74, 6) is 0.542. The molecule has 2 amide bonds. The van der Waals surface area contributed by atoms with Crippen LogP contribution in [0.25, 0.3) is 22.0 Å². The first-order valence-electron chi connectivity index (χ1n) is 8.65. The van der Waals surface area contributed by atoms with Crippen LogP contribution in [0.3, 0.4) is 0 Å². The van der Waals surface area contributed by atoms with Gasteiger partial charge in [0.05, 0.1) is 18.7 Å². The van der Waals surface area contributed by atoms with Crippen molar-refractivity contribution in [2.24, 2.45) is 0 Å². The number of hydrogen-bond acceptors (Lipinski definition) is 5. The average molecular weight is 371 g/mol. The molecule has 0 unspecified atom stereocenters. The van der Waals surface area contributed by atoms with Crippen LogP contribution in [0.1, 0.15) is 0 Å². The molecule has 0 atom stereocenters. The monoisotopic (exact) mass is 371 g/mol. The molecule has 2 aromatic heterocycles. The number of carbonyl (C=O) groups is 1. The van der Waals surface area contributed by atoms with Crippen LogP contribution >= 0.6 is 11.3 Å². The maximum Gasteiger partial charge on any atom is 0.320 e. The van der Waals surface area contributed by atoms with Gasteiger partial charge in [-0.15, -0.1) is 0 Å². The number of aromatic nitrogens is 2. The number of thiophene rings is 1. The number of nitrogens with zero attached hydrogens (tertiary/aromatic N) is 2. The number of fused-ring (bicyclic) bond motifs is 1. The Kier molecular flexibility index (Phi) is 5.14. The number of anilines is 1. The van der Waals surface area contributed by atoms with Gasteiger partial charge in [-0.3, -0.25) is 15.3 Å². The number of benzene rings is 1. The molecule has 1 aliphatic rings. The van der Waals surface area contributed by atoms with Crippen LogP contribution in [-0.2, 0) is 4.74 Å². The van der Waals surface area contributed by atoms with Gasteiger partial charge in [-0.1, -0.05) is 6.07 Å². The fourth-order valence-electron chi connectivity index (χ4n) is 3.03. The molecule has 1 fully saturated rings. The van der Waals surface area contributed by atoms with E-state index in [-0.39, 0.29) is 6.03 Å². The van der Waals surface area contributed by atoms with Crippen molar-refractivity contribution >= 4 is 34.1 Å². The fraction of sp³-hybridized carbons (Fsp3) is 0.333. The van der Waals surface area contributed by atoms with Gasteiger partial charge < -0.3 is 10.1 Å². The van der Waals surface area contributed by atoms with Gasteiger partial charge in [-0.25, -0.2) is 4.79 Å². The van der Waals surface area contributed by atoms with E-state index >= 15 is 0 Å². The first-order chi connectivity index (χ1) is 12.8. The molecule has 8 heteroatoms. The molecule has 3 N–H and O–H groups in total. The van der Waals surface area contributed by atoms with Gasteiger partial charge in [-0.2, -0.15) is 16.4 Å². The molecule has 1 aromatic carbocycles. The van der Waals surface area contributed by atoms with Gasteiger partial charge in [0, 0.05) is 31.6 Å². The summed E-state index contributed by atoms with van der Waals surface area (Å²) in [6, 6.07) is 7.92. The van der Waals surface area contributed by atoms with Crippen molar-refractivity contribution in [2.75, 3.05) is 44.7 Å². The molecule has 0 radical (unpaired) electrons. The molecule has 26 heavy (non-hydrogen) atoms. The maximum absolute atomic E-state index is 12.1. The second kappa shape index (κ2) is 7.86. The molecular weight excluding hydrogens is 350 g/mol. The zero-order chi connectivity index (χ0) is 17.8. The molecule has 1 saturated heterocycles. The molecule has 1 aliphatic heterocycles. The minimum absolute atomic E-state index is 0.242. The highest BCUT2D eigenvalue weighted by atomic mass is 32.1. The molecule has 3 aromatic rings. The summed E-state index contributed by atoms with van der Waals surface area (Å²) < 4.78 is 5.32. The van der Waals surface area contributed by atoms with Crippen LogP contribution in [0.5, 0.6) is 0 Å². The molecule has 3 heterocycles. The molecule has 0 saturated carbocycles. The normalized spacial score (nSPS) is 15.2. The minimum Gasteiger partial charge on any atom is -0.379 e. The molecular formula is C18H21N5O2S. The quantitative estimate of drug-likeness (QED) is 0.644. The lowest BCUT2D eigenvalue weighted by Gasteiger charge is -2.26. The number of ether oxygens (including phenoxy) is 1. The Hall–Kier alpha value is -2.42. The highest BCUT2D eigenvalue weighted by molar-refractivity contribution is 7.08. The van der Waals surface area contributed by atoms with Crippen LogP contribution in [0.4, 0.5) is 10.6 Å². The van der Waals surface area contributed by atoms with Crippen LogP contribution in [-0.4, -0.2) is 60.5 Å². The number of hydrogen-bond donors (Lipinski definition) is 3. The van der Waals surface area contributed by atoms with Gasteiger partial charge in [0.1, 0.15) is 0 Å². The molecule has 0 bridgehead atoms. The summed E-state index contributed by atoms with van der Waals surface area (Å²) >= 11 is 1.67. The average Bonchev–Trinajstić information content (AvgIpc) is 3.33. The van der Waals surface area contributed by atoms with E-state index in [9.17, 15) is 4.79 Å². The number of urea groups is 1. The summed E-state index contributed by atoms with van der Waals surface area (Å²) in [4.78, 5) is 14.4. The summed E-state index contributed by atoms with van der Waals surface area (Å²) in [6.07, 6.45) is 0. The number of H-pyrrole nitrogens is 1. The molecule has 0 aliphatic carbocycles. The predicted octanol–water partition coefficient (Wildman–Crippen LogP) is 2.75. The van der Waals surface area contributed by atoms with Gasteiger partial charge in [0.25, 0.3) is 0 Å². The van der Waals surface area contributed by atoms with Crippen LogP contribution in [0.15, 0.2) is 35.0 Å². The van der Waals surface area contributed by atoms with Crippen LogP contribution < -0.4 is 10.6 Å². The van der Waals surface area contributed by atoms with E-state index in [0.717, 1.165) is 49.3 Å². The van der Waals surface area contributed by atoms with Crippen molar-refractivity contribution in [3.8, 4) is 11.1 Å². The van der Waals surface area contributed by atoms with Crippen molar-refractivity contribution in [1.29, 1.82) is 0 Å². The van der Waals surface area contributed by atoms with Gasteiger partial charge in [0.15, 0.2) is 5.82 Å². The zero-order valence-electron chi connectivity index (χ0n) is 14.3. The van der Waals surface area contributed by atoms with E-state index in [1.807, 2.05) is 18.2 Å². The molecule has 4 rings (SSSR count). The Morgan fingerprint density at radius 1 is 1.27 bits per heavy atom. The molecule has 136 valence electrons. The second-order valence-electron chi connectivity index (χ2n) is 6.18. The lowest BCUT2D eigenvalue weighted by molar-refractivity contribution is 0.0388. The van der Waals surface area contributed by atoms with Gasteiger partial charge in [-0.05, 0) is 40.1 Å². The maximum atomic E-state index is 12.1. The van der Waals surface area contributed by atoms with E-state index < -0.39 is 0 Å². The van der Waals surface area contributed by atoms with Crippen LogP contribution in [0, 0.1) is 0 Å². The summed E-state index contributed by atoms with van der Waals surface area (Å²) in [5, 5.41) is 18.0. The van der Waals surface area contributed by atoms with Crippen molar-refractivity contribution in [3.05, 3.63) is 35.0 Å². The van der Waals surface area contributed by atoms with Crippen molar-refractivity contribution in [3.63, 3.8) is 0 Å². The number of nitrogens with one attached hydrogen (secondary N) is 3. The lowest BCUT2D eigenvalue weighted by Crippen LogP contribution is -2.42. The van der Waals surface area contributed by atoms with Crippen molar-refractivity contribution in [1.82, 2.24) is 20.4 Å². The molecule has 0 spiro atoms. The number of carbonyl (C=O) groups excluding carboxylic acids is 1. The number of amides is 2. The summed E-state index contributed by atoms with van der Waals surface area (Å²) in [5.41, 5.74) is 3.21. The second-order valence-corrected chi connectivity index (χ2v) is 6.96. The fourth-order valence-corrected chi connectivity index (χ4v) is 3.69. The third kappa shape index (κ3) is 3.87. The smallest absolute Gasteiger partial charge is 0.320 e. The highest BCUT2D eigenvalue weighted by Crippen LogP contribution is 2.28. The Labute approximate surface area is 155 Å². The number of morpholine rings is 1. The first kappa shape index (κ1) is 17.0. The largest absolute Gasteiger partial charge is 0.379 e. The lowest BCUT2D eigenvalue weighted by atomic mass is 10.1. The standard InChI is InChI=1S/C18H21N5O2S/c24-18(19-4-5-23-6-8-25-9-7-23)20-17-15-2-1-13(11-16(15)21-22-17)14-3-10-26-12-14/h1-3,10-12H,4-9H2,(H3,19,20,21,22,24). The Morgan fingerprint density at radius 3 is 2.96 bits per heavy atom. The van der Waals surface area contributed by atoms with E-state index in [1.54, 1.807) is 11.3 Å². The van der Waals surface area contributed by atoms with E-state index in [2.05, 4.69) is 42.6 Å². The highest BCUT2D eigenvalue weighted by Gasteiger charge is 2.12. The Morgan fingerprint density at radius 2 is 2.15 bits per heavy atom. The van der Waals surface area contributed by atoms with E-state index in [4.69, 9.17) is 4.74 Å². The third-order valence-corrected chi connectivity index (χ3v) is 5.15. The van der Waals surface area contributed by atoms with Crippen LogP contribution in [0.2, 0.25) is 0 Å².